The van der Waals surface area contributed by atoms with E-state index >= 15 is 0 Å². The molecule has 7 heteroatoms. The number of aliphatic carboxylic acids is 1. The number of hydrogen-bond donors (Lipinski definition) is 2. The van der Waals surface area contributed by atoms with Crippen molar-refractivity contribution in [1.29, 1.82) is 0 Å². The van der Waals surface area contributed by atoms with Crippen molar-refractivity contribution in [2.75, 3.05) is 0 Å². The van der Waals surface area contributed by atoms with Gasteiger partial charge in [0.15, 0.2) is 0 Å². The number of thiazole rings is 1. The van der Waals surface area contributed by atoms with E-state index in [4.69, 9.17) is 16.7 Å². The second-order valence-corrected chi connectivity index (χ2v) is 6.81. The summed E-state index contributed by atoms with van der Waals surface area (Å²) in [5.41, 5.74) is 1.73. The smallest absolute Gasteiger partial charge is 0.305 e. The summed E-state index contributed by atoms with van der Waals surface area (Å²) in [4.78, 5) is 28.1. The van der Waals surface area contributed by atoms with Crippen LogP contribution >= 0.6 is 22.9 Å². The number of rotatable bonds is 6. The second-order valence-electron chi connectivity index (χ2n) is 5.55. The highest BCUT2D eigenvalue weighted by atomic mass is 35.5. The Hall–Kier alpha value is -2.70. The molecule has 0 spiro atoms. The van der Waals surface area contributed by atoms with Crippen molar-refractivity contribution in [2.24, 2.45) is 0 Å². The average Bonchev–Trinajstić information content (AvgIpc) is 3.12. The van der Waals surface area contributed by atoms with Gasteiger partial charge in [-0.15, -0.1) is 11.3 Å². The van der Waals surface area contributed by atoms with Crippen LogP contribution in [0.4, 0.5) is 0 Å². The SMILES string of the molecule is O=C(O)CC(NC(=O)c1csc(-c2ccccc2)n1)c1ccccc1Cl. The predicted octanol–water partition coefficient (Wildman–Crippen LogP) is 4.41. The molecule has 0 bridgehead atoms. The first kappa shape index (κ1) is 18.1. The van der Waals surface area contributed by atoms with Crippen LogP contribution in [0.3, 0.4) is 0 Å². The van der Waals surface area contributed by atoms with Gasteiger partial charge in [0.25, 0.3) is 5.91 Å². The Labute approximate surface area is 159 Å². The van der Waals surface area contributed by atoms with E-state index in [1.54, 1.807) is 29.6 Å². The minimum Gasteiger partial charge on any atom is -0.481 e. The van der Waals surface area contributed by atoms with Crippen molar-refractivity contribution < 1.29 is 14.7 Å². The maximum atomic E-state index is 12.6. The first-order valence-corrected chi connectivity index (χ1v) is 9.08. The van der Waals surface area contributed by atoms with Gasteiger partial charge in [0, 0.05) is 16.0 Å². The van der Waals surface area contributed by atoms with Crippen LogP contribution in [0.15, 0.2) is 60.0 Å². The lowest BCUT2D eigenvalue weighted by atomic mass is 10.0. The Bertz CT molecular complexity index is 927. The van der Waals surface area contributed by atoms with Crippen molar-refractivity contribution in [3.63, 3.8) is 0 Å². The van der Waals surface area contributed by atoms with Gasteiger partial charge < -0.3 is 10.4 Å². The van der Waals surface area contributed by atoms with Gasteiger partial charge in [0.05, 0.1) is 12.5 Å². The van der Waals surface area contributed by atoms with E-state index in [9.17, 15) is 9.59 Å². The van der Waals surface area contributed by atoms with E-state index < -0.39 is 17.9 Å². The summed E-state index contributed by atoms with van der Waals surface area (Å²) in [6, 6.07) is 15.7. The average molecular weight is 387 g/mol. The van der Waals surface area contributed by atoms with Crippen molar-refractivity contribution in [2.45, 2.75) is 12.5 Å². The van der Waals surface area contributed by atoms with Crippen LogP contribution in [0.2, 0.25) is 5.02 Å². The zero-order valence-electron chi connectivity index (χ0n) is 13.6. The molecule has 3 rings (SSSR count). The number of aromatic nitrogens is 1. The van der Waals surface area contributed by atoms with E-state index in [2.05, 4.69) is 10.3 Å². The van der Waals surface area contributed by atoms with E-state index in [1.807, 2.05) is 30.3 Å². The largest absolute Gasteiger partial charge is 0.481 e. The molecule has 1 amide bonds. The Kier molecular flexibility index (Phi) is 5.65. The van der Waals surface area contributed by atoms with Crippen molar-refractivity contribution >= 4 is 34.8 Å². The monoisotopic (exact) mass is 386 g/mol. The van der Waals surface area contributed by atoms with Crippen LogP contribution in [0.1, 0.15) is 28.5 Å². The Morgan fingerprint density at radius 2 is 1.81 bits per heavy atom. The number of carbonyl (C=O) groups excluding carboxylic acids is 1. The third-order valence-electron chi connectivity index (χ3n) is 3.72. The molecule has 1 unspecified atom stereocenters. The van der Waals surface area contributed by atoms with Gasteiger partial charge >= 0.3 is 5.97 Å². The van der Waals surface area contributed by atoms with E-state index in [1.165, 1.54) is 11.3 Å². The number of nitrogens with zero attached hydrogens (tertiary/aromatic N) is 1. The van der Waals surface area contributed by atoms with Gasteiger partial charge in [-0.25, -0.2) is 4.98 Å². The van der Waals surface area contributed by atoms with Crippen LogP contribution < -0.4 is 5.32 Å². The van der Waals surface area contributed by atoms with Gasteiger partial charge in [0.1, 0.15) is 10.7 Å². The summed E-state index contributed by atoms with van der Waals surface area (Å²) in [5, 5.41) is 14.7. The summed E-state index contributed by atoms with van der Waals surface area (Å²) in [5.74, 6) is -1.46. The maximum absolute atomic E-state index is 12.6. The molecule has 2 N–H and O–H groups in total. The molecule has 3 aromatic rings. The summed E-state index contributed by atoms with van der Waals surface area (Å²) in [6.07, 6.45) is -0.273. The van der Waals surface area contributed by atoms with Gasteiger partial charge in [0.2, 0.25) is 0 Å². The van der Waals surface area contributed by atoms with Gasteiger partial charge in [-0.05, 0) is 11.6 Å². The number of benzene rings is 2. The standard InChI is InChI=1S/C19H15ClN2O3S/c20-14-9-5-4-8-13(14)15(10-17(23)24)21-18(25)16-11-26-19(22-16)12-6-2-1-3-7-12/h1-9,11,15H,10H2,(H,21,25)(H,23,24). The lowest BCUT2D eigenvalue weighted by molar-refractivity contribution is -0.137. The predicted molar refractivity (Wildman–Crippen MR) is 101 cm³/mol. The summed E-state index contributed by atoms with van der Waals surface area (Å²) >= 11 is 7.51. The minimum absolute atomic E-state index is 0.247. The Balaban J connectivity index is 1.81. The van der Waals surface area contributed by atoms with Crippen molar-refractivity contribution in [3.8, 4) is 10.6 Å². The third-order valence-corrected chi connectivity index (χ3v) is 4.96. The molecular formula is C19H15ClN2O3S. The Morgan fingerprint density at radius 1 is 1.12 bits per heavy atom. The van der Waals surface area contributed by atoms with Crippen LogP contribution in [-0.4, -0.2) is 22.0 Å². The quantitative estimate of drug-likeness (QED) is 0.657. The van der Waals surface area contributed by atoms with Crippen LogP contribution in [0, 0.1) is 0 Å². The molecule has 2 aromatic carbocycles. The van der Waals surface area contributed by atoms with Crippen molar-refractivity contribution in [1.82, 2.24) is 10.3 Å². The minimum atomic E-state index is -1.03. The zero-order chi connectivity index (χ0) is 18.5. The van der Waals surface area contributed by atoms with Crippen LogP contribution in [0.25, 0.3) is 10.6 Å². The normalized spacial score (nSPS) is 11.7. The highest BCUT2D eigenvalue weighted by Crippen LogP contribution is 2.27. The number of carboxylic acids is 1. The fourth-order valence-corrected chi connectivity index (χ4v) is 3.57. The molecule has 0 saturated carbocycles. The molecule has 0 saturated heterocycles. The summed E-state index contributed by atoms with van der Waals surface area (Å²) in [6.45, 7) is 0. The molecule has 1 atom stereocenters. The molecule has 0 fully saturated rings. The first-order chi connectivity index (χ1) is 12.5. The first-order valence-electron chi connectivity index (χ1n) is 7.82. The summed E-state index contributed by atoms with van der Waals surface area (Å²) < 4.78 is 0. The topological polar surface area (TPSA) is 79.3 Å². The molecule has 5 nitrogen and oxygen atoms in total. The number of hydrogen-bond acceptors (Lipinski definition) is 4. The molecule has 0 aliphatic heterocycles. The lowest BCUT2D eigenvalue weighted by Gasteiger charge is -2.18. The third kappa shape index (κ3) is 4.28. The van der Waals surface area contributed by atoms with E-state index in [-0.39, 0.29) is 12.1 Å². The van der Waals surface area contributed by atoms with Gasteiger partial charge in [-0.3, -0.25) is 9.59 Å². The summed E-state index contributed by atoms with van der Waals surface area (Å²) in [7, 11) is 0. The number of carboxylic acid groups (broad SMARTS) is 1. The number of nitrogens with one attached hydrogen (secondary N) is 1. The van der Waals surface area contributed by atoms with E-state index in [0.29, 0.717) is 10.6 Å². The fraction of sp³-hybridized carbons (Fsp3) is 0.105. The zero-order valence-corrected chi connectivity index (χ0v) is 15.1. The fourth-order valence-electron chi connectivity index (χ4n) is 2.49. The highest BCUT2D eigenvalue weighted by Gasteiger charge is 2.22. The number of carbonyl (C=O) groups is 2. The van der Waals surface area contributed by atoms with Crippen LogP contribution in [-0.2, 0) is 4.79 Å². The molecule has 132 valence electrons. The molecule has 1 heterocycles. The number of halogens is 1. The van der Waals surface area contributed by atoms with Crippen LogP contribution in [0.5, 0.6) is 0 Å². The maximum Gasteiger partial charge on any atom is 0.305 e. The van der Waals surface area contributed by atoms with Crippen molar-refractivity contribution in [3.05, 3.63) is 76.3 Å². The van der Waals surface area contributed by atoms with Gasteiger partial charge in [-0.1, -0.05) is 60.1 Å². The molecule has 0 aliphatic rings. The molecule has 1 aromatic heterocycles. The number of amides is 1. The molecular weight excluding hydrogens is 372 g/mol. The Morgan fingerprint density at radius 3 is 2.50 bits per heavy atom. The second kappa shape index (κ2) is 8.12. The lowest BCUT2D eigenvalue weighted by Crippen LogP contribution is -2.30. The molecule has 0 aliphatic carbocycles. The van der Waals surface area contributed by atoms with Gasteiger partial charge in [-0.2, -0.15) is 0 Å². The highest BCUT2D eigenvalue weighted by molar-refractivity contribution is 7.13. The van der Waals surface area contributed by atoms with E-state index in [0.717, 1.165) is 10.6 Å². The molecule has 26 heavy (non-hydrogen) atoms. The molecule has 0 radical (unpaired) electrons.